The molecule has 2 rings (SSSR count). The number of rotatable bonds is 8. The summed E-state index contributed by atoms with van der Waals surface area (Å²) in [6.45, 7) is -0.299. The Bertz CT molecular complexity index is 854. The van der Waals surface area contributed by atoms with Crippen molar-refractivity contribution in [2.75, 3.05) is 19.1 Å². The van der Waals surface area contributed by atoms with Gasteiger partial charge in [-0.3, -0.25) is 9.59 Å². The number of thioether (sulfide) groups is 1. The van der Waals surface area contributed by atoms with Gasteiger partial charge in [-0.05, 0) is 36.6 Å². The van der Waals surface area contributed by atoms with Crippen molar-refractivity contribution >= 4 is 35.2 Å². The molecule has 0 fully saturated rings. The van der Waals surface area contributed by atoms with E-state index < -0.39 is 23.5 Å². The summed E-state index contributed by atoms with van der Waals surface area (Å²) in [5.41, 5.74) is 0.883. The molecule has 0 spiro atoms. The molecule has 144 valence electrons. The van der Waals surface area contributed by atoms with Crippen LogP contribution in [0.15, 0.2) is 41.2 Å². The van der Waals surface area contributed by atoms with Crippen molar-refractivity contribution < 1.29 is 14.3 Å². The third kappa shape index (κ3) is 6.11. The minimum atomic E-state index is -0.759. The van der Waals surface area contributed by atoms with Gasteiger partial charge in [0, 0.05) is 16.7 Å². The van der Waals surface area contributed by atoms with Crippen molar-refractivity contribution in [3.05, 3.63) is 51.8 Å². The van der Waals surface area contributed by atoms with Gasteiger partial charge in [-0.15, -0.1) is 0 Å². The standard InChI is InChI=1S/C18H20ClN3O4S/c1-26-18(25)15(9-10-27-2)20-16(23)11-22-17(24)8-7-14(21-22)12-3-5-13(19)6-4-12/h3-8,15H,9-11H2,1-2H3,(H,20,23). The minimum Gasteiger partial charge on any atom is -0.467 e. The first-order valence-corrected chi connectivity index (χ1v) is 9.92. The SMILES string of the molecule is COC(=O)C(CCSC)NC(=O)Cn1nc(-c2ccc(Cl)cc2)ccc1=O. The van der Waals surface area contributed by atoms with Crippen LogP contribution >= 0.6 is 23.4 Å². The zero-order valence-electron chi connectivity index (χ0n) is 15.0. The van der Waals surface area contributed by atoms with Gasteiger partial charge in [-0.1, -0.05) is 23.7 Å². The van der Waals surface area contributed by atoms with Crippen molar-refractivity contribution in [1.82, 2.24) is 15.1 Å². The van der Waals surface area contributed by atoms with Gasteiger partial charge in [0.15, 0.2) is 0 Å². The molecule has 1 heterocycles. The molecule has 1 atom stereocenters. The number of nitrogens with one attached hydrogen (secondary N) is 1. The van der Waals surface area contributed by atoms with Gasteiger partial charge >= 0.3 is 5.97 Å². The highest BCUT2D eigenvalue weighted by molar-refractivity contribution is 7.98. The lowest BCUT2D eigenvalue weighted by molar-refractivity contribution is -0.145. The molecule has 9 heteroatoms. The highest BCUT2D eigenvalue weighted by Crippen LogP contribution is 2.18. The monoisotopic (exact) mass is 409 g/mol. The van der Waals surface area contributed by atoms with Gasteiger partial charge in [0.05, 0.1) is 12.8 Å². The smallest absolute Gasteiger partial charge is 0.328 e. The summed E-state index contributed by atoms with van der Waals surface area (Å²) in [5, 5.41) is 7.42. The number of halogens is 1. The Morgan fingerprint density at radius 3 is 2.59 bits per heavy atom. The van der Waals surface area contributed by atoms with Crippen LogP contribution < -0.4 is 10.9 Å². The lowest BCUT2D eigenvalue weighted by Gasteiger charge is -2.16. The first-order valence-electron chi connectivity index (χ1n) is 8.15. The number of amides is 1. The molecule has 0 aliphatic carbocycles. The van der Waals surface area contributed by atoms with E-state index in [1.54, 1.807) is 42.1 Å². The van der Waals surface area contributed by atoms with Gasteiger partial charge in [0.1, 0.15) is 12.6 Å². The Balaban J connectivity index is 2.14. The fourth-order valence-corrected chi connectivity index (χ4v) is 2.94. The number of esters is 1. The molecule has 1 unspecified atom stereocenters. The second kappa shape index (κ2) is 10.1. The number of hydrogen-bond donors (Lipinski definition) is 1. The number of methoxy groups -OCH3 is 1. The van der Waals surface area contributed by atoms with E-state index in [0.717, 1.165) is 10.2 Å². The van der Waals surface area contributed by atoms with E-state index in [2.05, 4.69) is 10.4 Å². The molecule has 2 aromatic rings. The number of carbonyl (C=O) groups is 2. The Hall–Kier alpha value is -2.32. The maximum atomic E-state index is 12.3. The Labute approximate surface area is 166 Å². The molecule has 27 heavy (non-hydrogen) atoms. The molecular weight excluding hydrogens is 390 g/mol. The van der Waals surface area contributed by atoms with Crippen molar-refractivity contribution in [1.29, 1.82) is 0 Å². The molecule has 1 N–H and O–H groups in total. The third-order valence-corrected chi connectivity index (χ3v) is 4.63. The normalized spacial score (nSPS) is 11.7. The summed E-state index contributed by atoms with van der Waals surface area (Å²) in [6, 6.07) is 9.14. The van der Waals surface area contributed by atoms with Crippen molar-refractivity contribution in [2.45, 2.75) is 19.0 Å². The highest BCUT2D eigenvalue weighted by Gasteiger charge is 2.21. The van der Waals surface area contributed by atoms with Crippen LogP contribution in [-0.2, 0) is 20.9 Å². The van der Waals surface area contributed by atoms with E-state index in [1.807, 2.05) is 6.26 Å². The lowest BCUT2D eigenvalue weighted by atomic mass is 10.1. The third-order valence-electron chi connectivity index (χ3n) is 3.73. The average molecular weight is 410 g/mol. The fraction of sp³-hybridized carbons (Fsp3) is 0.333. The van der Waals surface area contributed by atoms with Crippen LogP contribution in [0.3, 0.4) is 0 Å². The van der Waals surface area contributed by atoms with Crippen molar-refractivity contribution in [3.63, 3.8) is 0 Å². The van der Waals surface area contributed by atoms with Crippen LogP contribution in [0.25, 0.3) is 11.3 Å². The van der Waals surface area contributed by atoms with Crippen LogP contribution in [0.4, 0.5) is 0 Å². The van der Waals surface area contributed by atoms with Gasteiger partial charge in [0.2, 0.25) is 5.91 Å². The van der Waals surface area contributed by atoms with Gasteiger partial charge in [0.25, 0.3) is 5.56 Å². The second-order valence-corrected chi connectivity index (χ2v) is 7.07. The van der Waals surface area contributed by atoms with Crippen LogP contribution in [0, 0.1) is 0 Å². The molecule has 0 aliphatic heterocycles. The Morgan fingerprint density at radius 2 is 1.96 bits per heavy atom. The molecule has 0 saturated carbocycles. The van der Waals surface area contributed by atoms with Crippen LogP contribution in [-0.4, -0.2) is 46.8 Å². The largest absolute Gasteiger partial charge is 0.467 e. The van der Waals surface area contributed by atoms with Crippen LogP contribution in [0.5, 0.6) is 0 Å². The summed E-state index contributed by atoms with van der Waals surface area (Å²) < 4.78 is 5.77. The van der Waals surface area contributed by atoms with E-state index in [4.69, 9.17) is 16.3 Å². The van der Waals surface area contributed by atoms with E-state index in [-0.39, 0.29) is 6.54 Å². The zero-order chi connectivity index (χ0) is 19.8. The average Bonchev–Trinajstić information content (AvgIpc) is 2.67. The topological polar surface area (TPSA) is 90.3 Å². The van der Waals surface area contributed by atoms with Gasteiger partial charge < -0.3 is 10.1 Å². The molecule has 0 radical (unpaired) electrons. The molecule has 7 nitrogen and oxygen atoms in total. The molecule has 0 bridgehead atoms. The number of benzene rings is 1. The highest BCUT2D eigenvalue weighted by atomic mass is 35.5. The maximum absolute atomic E-state index is 12.3. The van der Waals surface area contributed by atoms with E-state index in [0.29, 0.717) is 22.9 Å². The second-order valence-electron chi connectivity index (χ2n) is 5.65. The number of nitrogens with zero attached hydrogens (tertiary/aromatic N) is 2. The molecule has 0 saturated heterocycles. The summed E-state index contributed by atoms with van der Waals surface area (Å²) >= 11 is 7.43. The number of carbonyl (C=O) groups excluding carboxylic acids is 2. The fourth-order valence-electron chi connectivity index (χ4n) is 2.34. The molecule has 1 aromatic carbocycles. The van der Waals surface area contributed by atoms with Crippen LogP contribution in [0.1, 0.15) is 6.42 Å². The van der Waals surface area contributed by atoms with E-state index in [9.17, 15) is 14.4 Å². The lowest BCUT2D eigenvalue weighted by Crippen LogP contribution is -2.44. The van der Waals surface area contributed by atoms with Crippen molar-refractivity contribution in [3.8, 4) is 11.3 Å². The van der Waals surface area contributed by atoms with Gasteiger partial charge in [-0.2, -0.15) is 16.9 Å². The summed E-state index contributed by atoms with van der Waals surface area (Å²) in [7, 11) is 1.27. The summed E-state index contributed by atoms with van der Waals surface area (Å²) in [6.07, 6.45) is 2.34. The molecular formula is C18H20ClN3O4S. The van der Waals surface area contributed by atoms with Crippen LogP contribution in [0.2, 0.25) is 5.02 Å². The molecule has 0 aliphatic rings. The Kier molecular flexibility index (Phi) is 7.87. The van der Waals surface area contributed by atoms with E-state index in [1.165, 1.54) is 13.2 Å². The number of aromatic nitrogens is 2. The minimum absolute atomic E-state index is 0.299. The summed E-state index contributed by atoms with van der Waals surface area (Å²) in [4.78, 5) is 36.2. The first-order chi connectivity index (χ1) is 12.9. The predicted octanol–water partition coefficient (Wildman–Crippen LogP) is 1.97. The number of ether oxygens (including phenoxy) is 1. The molecule has 1 amide bonds. The van der Waals surface area contributed by atoms with Crippen molar-refractivity contribution in [2.24, 2.45) is 0 Å². The summed E-state index contributed by atoms with van der Waals surface area (Å²) in [5.74, 6) is -0.327. The zero-order valence-corrected chi connectivity index (χ0v) is 16.5. The quantitative estimate of drug-likeness (QED) is 0.670. The molecule has 1 aromatic heterocycles. The Morgan fingerprint density at radius 1 is 1.26 bits per heavy atom. The van der Waals surface area contributed by atoms with E-state index >= 15 is 0 Å². The van der Waals surface area contributed by atoms with Gasteiger partial charge in [-0.25, -0.2) is 9.48 Å². The maximum Gasteiger partial charge on any atom is 0.328 e. The first kappa shape index (κ1) is 21.0. The predicted molar refractivity (Wildman–Crippen MR) is 106 cm³/mol. The number of hydrogen-bond acceptors (Lipinski definition) is 6.